The van der Waals surface area contributed by atoms with Crippen molar-refractivity contribution >= 4 is 35.3 Å². The van der Waals surface area contributed by atoms with Crippen molar-refractivity contribution in [2.24, 2.45) is 0 Å². The third-order valence-electron chi connectivity index (χ3n) is 4.95. The number of imide groups is 1. The third-order valence-corrected chi connectivity index (χ3v) is 4.95. The highest BCUT2D eigenvalue weighted by molar-refractivity contribution is 6.08. The molecule has 1 heterocycles. The third kappa shape index (κ3) is 4.79. The minimum absolute atomic E-state index is 0.149. The van der Waals surface area contributed by atoms with Crippen LogP contribution in [0.5, 0.6) is 0 Å². The number of hydrogen-bond acceptors (Lipinski definition) is 6. The van der Waals surface area contributed by atoms with Gasteiger partial charge in [-0.05, 0) is 38.8 Å². The summed E-state index contributed by atoms with van der Waals surface area (Å²) in [7, 11) is 0. The minimum Gasteiger partial charge on any atom is -0.451 e. The quantitative estimate of drug-likeness (QED) is 0.388. The van der Waals surface area contributed by atoms with Crippen LogP contribution in [0.15, 0.2) is 24.3 Å². The van der Waals surface area contributed by atoms with E-state index < -0.39 is 42.0 Å². The first kappa shape index (κ1) is 22.1. The van der Waals surface area contributed by atoms with Crippen LogP contribution in [-0.4, -0.2) is 52.7 Å². The van der Waals surface area contributed by atoms with E-state index in [1.165, 1.54) is 19.9 Å². The topological polar surface area (TPSA) is 122 Å². The van der Waals surface area contributed by atoms with E-state index >= 15 is 0 Å². The van der Waals surface area contributed by atoms with E-state index in [9.17, 15) is 24.0 Å². The second-order valence-electron chi connectivity index (χ2n) is 6.87. The fraction of sp³-hybridized carbons (Fsp3) is 0.450. The number of hydrogen-bond donors (Lipinski definition) is 2. The second-order valence-corrected chi connectivity index (χ2v) is 6.87. The lowest BCUT2D eigenvalue weighted by atomic mass is 9.93. The van der Waals surface area contributed by atoms with Crippen molar-refractivity contribution < 1.29 is 28.7 Å². The van der Waals surface area contributed by atoms with Crippen LogP contribution in [0.25, 0.3) is 0 Å². The van der Waals surface area contributed by atoms with Crippen molar-refractivity contribution in [1.29, 1.82) is 0 Å². The van der Waals surface area contributed by atoms with Crippen molar-refractivity contribution in [3.63, 3.8) is 0 Å². The summed E-state index contributed by atoms with van der Waals surface area (Å²) in [5, 5.41) is 5.17. The molecule has 0 aliphatic carbocycles. The number of carbonyl (C=O) groups is 5. The van der Waals surface area contributed by atoms with Crippen LogP contribution in [0.3, 0.4) is 0 Å². The smallest absolute Gasteiger partial charge is 0.327 e. The summed E-state index contributed by atoms with van der Waals surface area (Å²) in [6.07, 6.45) is -0.360. The van der Waals surface area contributed by atoms with Gasteiger partial charge in [0.2, 0.25) is 0 Å². The molecule has 1 atom stereocenters. The van der Waals surface area contributed by atoms with Crippen molar-refractivity contribution in [3.05, 3.63) is 29.8 Å². The number of carbonyl (C=O) groups excluding carboxylic acids is 5. The van der Waals surface area contributed by atoms with Gasteiger partial charge in [0.05, 0.1) is 0 Å². The molecule has 0 bridgehead atoms. The van der Waals surface area contributed by atoms with Crippen LogP contribution in [0, 0.1) is 0 Å². The fourth-order valence-corrected chi connectivity index (χ4v) is 3.03. The molecule has 1 fully saturated rings. The first-order chi connectivity index (χ1) is 13.6. The molecule has 4 amide bonds. The number of anilines is 1. The Bertz CT molecular complexity index is 846. The molecule has 0 aromatic heterocycles. The molecule has 29 heavy (non-hydrogen) atoms. The SMILES string of the molecule is CCC1(CC)NC(=O)N(CC(=O)OC(C)C(=O)Nc2cccc(C(C)=O)c2)C1=O. The van der Waals surface area contributed by atoms with Gasteiger partial charge in [-0.25, -0.2) is 4.79 Å². The van der Waals surface area contributed by atoms with Gasteiger partial charge in [-0.2, -0.15) is 0 Å². The molecule has 2 rings (SSSR count). The largest absolute Gasteiger partial charge is 0.451 e. The Hall–Kier alpha value is -3.23. The lowest BCUT2D eigenvalue weighted by molar-refractivity contribution is -0.155. The zero-order chi connectivity index (χ0) is 21.8. The van der Waals surface area contributed by atoms with Crippen LogP contribution in [0.4, 0.5) is 10.5 Å². The lowest BCUT2D eigenvalue weighted by Crippen LogP contribution is -2.46. The summed E-state index contributed by atoms with van der Waals surface area (Å²) in [5.41, 5.74) is -0.195. The summed E-state index contributed by atoms with van der Waals surface area (Å²) in [6.45, 7) is 5.75. The van der Waals surface area contributed by atoms with Gasteiger partial charge in [0.15, 0.2) is 11.9 Å². The fourth-order valence-electron chi connectivity index (χ4n) is 3.03. The number of amides is 4. The van der Waals surface area contributed by atoms with Gasteiger partial charge in [-0.1, -0.05) is 26.0 Å². The highest BCUT2D eigenvalue weighted by atomic mass is 16.5. The number of nitrogens with one attached hydrogen (secondary N) is 2. The molecule has 1 aliphatic rings. The van der Waals surface area contributed by atoms with Gasteiger partial charge in [-0.3, -0.25) is 24.1 Å². The molecule has 1 aromatic rings. The van der Waals surface area contributed by atoms with E-state index in [1.807, 2.05) is 0 Å². The van der Waals surface area contributed by atoms with E-state index in [1.54, 1.807) is 32.0 Å². The summed E-state index contributed by atoms with van der Waals surface area (Å²) < 4.78 is 5.06. The normalized spacial score (nSPS) is 16.2. The van der Waals surface area contributed by atoms with E-state index in [-0.39, 0.29) is 5.78 Å². The van der Waals surface area contributed by atoms with Crippen molar-refractivity contribution in [3.8, 4) is 0 Å². The maximum atomic E-state index is 12.5. The molecular formula is C20H25N3O6. The maximum Gasteiger partial charge on any atom is 0.327 e. The number of ketones is 1. The van der Waals surface area contributed by atoms with E-state index in [0.717, 1.165) is 4.90 Å². The number of nitrogens with zero attached hydrogens (tertiary/aromatic N) is 1. The van der Waals surface area contributed by atoms with Crippen molar-refractivity contribution in [2.75, 3.05) is 11.9 Å². The first-order valence-electron chi connectivity index (χ1n) is 9.39. The predicted molar refractivity (Wildman–Crippen MR) is 104 cm³/mol. The van der Waals surface area contributed by atoms with Crippen LogP contribution >= 0.6 is 0 Å². The second kappa shape index (κ2) is 8.85. The van der Waals surface area contributed by atoms with Crippen LogP contribution in [-0.2, 0) is 19.1 Å². The number of benzene rings is 1. The van der Waals surface area contributed by atoms with Crippen LogP contribution in [0.2, 0.25) is 0 Å². The molecule has 0 radical (unpaired) electrons. The van der Waals surface area contributed by atoms with E-state index in [4.69, 9.17) is 4.74 Å². The molecule has 1 unspecified atom stereocenters. The zero-order valence-electron chi connectivity index (χ0n) is 16.9. The highest BCUT2D eigenvalue weighted by Gasteiger charge is 2.49. The molecular weight excluding hydrogens is 378 g/mol. The zero-order valence-corrected chi connectivity index (χ0v) is 16.9. The molecule has 1 aromatic carbocycles. The first-order valence-corrected chi connectivity index (χ1v) is 9.39. The predicted octanol–water partition coefficient (Wildman–Crippen LogP) is 1.87. The maximum absolute atomic E-state index is 12.5. The van der Waals surface area contributed by atoms with Gasteiger partial charge >= 0.3 is 12.0 Å². The number of ether oxygens (including phenoxy) is 1. The highest BCUT2D eigenvalue weighted by Crippen LogP contribution is 2.24. The Morgan fingerprint density at radius 2 is 1.86 bits per heavy atom. The number of esters is 1. The molecule has 9 heteroatoms. The van der Waals surface area contributed by atoms with Gasteiger partial charge in [0.25, 0.3) is 11.8 Å². The van der Waals surface area contributed by atoms with Gasteiger partial charge < -0.3 is 15.4 Å². The molecule has 1 saturated heterocycles. The van der Waals surface area contributed by atoms with Crippen molar-refractivity contribution in [1.82, 2.24) is 10.2 Å². The van der Waals surface area contributed by atoms with E-state index in [2.05, 4.69) is 10.6 Å². The monoisotopic (exact) mass is 403 g/mol. The Morgan fingerprint density at radius 3 is 2.41 bits per heavy atom. The van der Waals surface area contributed by atoms with E-state index in [0.29, 0.717) is 24.1 Å². The molecule has 2 N–H and O–H groups in total. The van der Waals surface area contributed by atoms with Gasteiger partial charge in [0, 0.05) is 11.3 Å². The van der Waals surface area contributed by atoms with Gasteiger partial charge in [-0.15, -0.1) is 0 Å². The summed E-state index contributed by atoms with van der Waals surface area (Å²) in [4.78, 5) is 61.2. The molecule has 0 saturated carbocycles. The molecule has 0 spiro atoms. The average Bonchev–Trinajstić information content (AvgIpc) is 2.92. The average molecular weight is 403 g/mol. The van der Waals surface area contributed by atoms with Crippen LogP contribution < -0.4 is 10.6 Å². The van der Waals surface area contributed by atoms with Crippen molar-refractivity contribution in [2.45, 2.75) is 52.2 Å². The molecule has 1 aliphatic heterocycles. The van der Waals surface area contributed by atoms with Crippen LogP contribution in [0.1, 0.15) is 50.9 Å². The lowest BCUT2D eigenvalue weighted by Gasteiger charge is -2.23. The number of Topliss-reactive ketones (excluding diaryl/α,β-unsaturated/α-hetero) is 1. The Labute approximate surface area is 168 Å². The Kier molecular flexibility index (Phi) is 6.73. The standard InChI is InChI=1S/C20H25N3O6/c1-5-20(6-2)18(27)23(19(28)22-20)11-16(25)29-13(4)17(26)21-15-9-7-8-14(10-15)12(3)24/h7-10,13H,5-6,11H2,1-4H3,(H,21,26)(H,22,28). The molecule has 156 valence electrons. The summed E-state index contributed by atoms with van der Waals surface area (Å²) in [6, 6.07) is 5.69. The minimum atomic E-state index is -1.16. The number of urea groups is 1. The summed E-state index contributed by atoms with van der Waals surface area (Å²) >= 11 is 0. The van der Waals surface area contributed by atoms with Gasteiger partial charge in [0.1, 0.15) is 12.1 Å². The molecule has 9 nitrogen and oxygen atoms in total. The Morgan fingerprint density at radius 1 is 1.21 bits per heavy atom. The Balaban J connectivity index is 1.96. The number of rotatable bonds is 8. The summed E-state index contributed by atoms with van der Waals surface area (Å²) in [5.74, 6) is -2.11.